The normalized spacial score (nSPS) is 14.5. The van der Waals surface area contributed by atoms with Gasteiger partial charge in [-0.15, -0.1) is 0 Å². The maximum absolute atomic E-state index is 12.7. The molecule has 1 fully saturated rings. The van der Waals surface area contributed by atoms with Gasteiger partial charge in [0, 0.05) is 64.2 Å². The van der Waals surface area contributed by atoms with Gasteiger partial charge in [-0.1, -0.05) is 13.8 Å². The van der Waals surface area contributed by atoms with E-state index in [2.05, 4.69) is 38.3 Å². The SMILES string of the molecule is CC(C)CCn1c(CCCC(=O)N2CCN(c3ncccn3)CC2)nc2cccnc21. The maximum Gasteiger partial charge on any atom is 0.225 e. The van der Waals surface area contributed by atoms with Crippen molar-refractivity contribution in [3.63, 3.8) is 0 Å². The molecule has 1 amide bonds. The summed E-state index contributed by atoms with van der Waals surface area (Å²) < 4.78 is 2.23. The molecule has 0 radical (unpaired) electrons. The predicted molar refractivity (Wildman–Crippen MR) is 121 cm³/mol. The number of amides is 1. The van der Waals surface area contributed by atoms with Crippen molar-refractivity contribution in [2.75, 3.05) is 31.1 Å². The minimum atomic E-state index is 0.219. The van der Waals surface area contributed by atoms with E-state index < -0.39 is 0 Å². The molecule has 3 aromatic rings. The van der Waals surface area contributed by atoms with Crippen LogP contribution in [0.1, 0.15) is 38.9 Å². The number of rotatable bonds is 8. The number of fused-ring (bicyclic) bond motifs is 1. The molecular formula is C23H31N7O. The Bertz CT molecular complexity index is 994. The van der Waals surface area contributed by atoms with Gasteiger partial charge in [-0.05, 0) is 37.0 Å². The molecule has 0 spiro atoms. The molecule has 31 heavy (non-hydrogen) atoms. The third kappa shape index (κ3) is 5.18. The van der Waals surface area contributed by atoms with Crippen molar-refractivity contribution >= 4 is 23.0 Å². The highest BCUT2D eigenvalue weighted by Gasteiger charge is 2.22. The van der Waals surface area contributed by atoms with Crippen LogP contribution < -0.4 is 4.90 Å². The Balaban J connectivity index is 1.31. The Morgan fingerprint density at radius 2 is 1.77 bits per heavy atom. The first-order chi connectivity index (χ1) is 15.1. The molecule has 0 unspecified atom stereocenters. The summed E-state index contributed by atoms with van der Waals surface area (Å²) in [5, 5.41) is 0. The van der Waals surface area contributed by atoms with Gasteiger partial charge in [-0.25, -0.2) is 19.9 Å². The number of hydrogen-bond acceptors (Lipinski definition) is 6. The Morgan fingerprint density at radius 3 is 2.52 bits per heavy atom. The first kappa shape index (κ1) is 21.2. The number of aryl methyl sites for hydroxylation is 2. The zero-order valence-corrected chi connectivity index (χ0v) is 18.4. The molecule has 1 aliphatic rings. The van der Waals surface area contributed by atoms with E-state index in [1.54, 1.807) is 12.4 Å². The summed E-state index contributed by atoms with van der Waals surface area (Å²) in [6, 6.07) is 5.75. The molecular weight excluding hydrogens is 390 g/mol. The van der Waals surface area contributed by atoms with Gasteiger partial charge in [0.15, 0.2) is 5.65 Å². The van der Waals surface area contributed by atoms with Crippen LogP contribution in [-0.4, -0.2) is 61.5 Å². The number of piperazine rings is 1. The van der Waals surface area contributed by atoms with Crippen LogP contribution in [0.2, 0.25) is 0 Å². The zero-order chi connectivity index (χ0) is 21.6. The average molecular weight is 422 g/mol. The van der Waals surface area contributed by atoms with Crippen molar-refractivity contribution in [3.8, 4) is 0 Å². The fourth-order valence-corrected chi connectivity index (χ4v) is 3.98. The van der Waals surface area contributed by atoms with E-state index in [9.17, 15) is 4.79 Å². The molecule has 0 atom stereocenters. The fourth-order valence-electron chi connectivity index (χ4n) is 3.98. The molecule has 0 saturated carbocycles. The Morgan fingerprint density at radius 1 is 1.03 bits per heavy atom. The molecule has 8 nitrogen and oxygen atoms in total. The van der Waals surface area contributed by atoms with Crippen LogP contribution in [0.3, 0.4) is 0 Å². The standard InChI is InChI=1S/C23H31N7O/c1-18(2)9-13-30-20(27-19-6-4-10-24-22(19)30)7-3-8-21(31)28-14-16-29(17-15-28)23-25-11-5-12-26-23/h4-6,10-12,18H,3,7-9,13-17H2,1-2H3. The summed E-state index contributed by atoms with van der Waals surface area (Å²) in [7, 11) is 0. The van der Waals surface area contributed by atoms with Gasteiger partial charge in [0.25, 0.3) is 0 Å². The average Bonchev–Trinajstić information content (AvgIpc) is 3.15. The molecule has 4 heterocycles. The molecule has 0 bridgehead atoms. The molecule has 3 aromatic heterocycles. The lowest BCUT2D eigenvalue weighted by Crippen LogP contribution is -2.49. The molecule has 0 aliphatic carbocycles. The largest absolute Gasteiger partial charge is 0.339 e. The minimum absolute atomic E-state index is 0.219. The van der Waals surface area contributed by atoms with Crippen molar-refractivity contribution in [1.82, 2.24) is 29.4 Å². The van der Waals surface area contributed by atoms with Crippen molar-refractivity contribution in [2.24, 2.45) is 5.92 Å². The van der Waals surface area contributed by atoms with Crippen LogP contribution in [0.25, 0.3) is 11.2 Å². The zero-order valence-electron chi connectivity index (χ0n) is 18.4. The topological polar surface area (TPSA) is 80.0 Å². The Labute approximate surface area is 183 Å². The van der Waals surface area contributed by atoms with Crippen LogP contribution in [0.5, 0.6) is 0 Å². The quantitative estimate of drug-likeness (QED) is 0.556. The monoisotopic (exact) mass is 421 g/mol. The summed E-state index contributed by atoms with van der Waals surface area (Å²) in [6.45, 7) is 8.35. The number of hydrogen-bond donors (Lipinski definition) is 0. The first-order valence-corrected chi connectivity index (χ1v) is 11.2. The van der Waals surface area contributed by atoms with Crippen LogP contribution in [0, 0.1) is 5.92 Å². The van der Waals surface area contributed by atoms with Gasteiger partial charge in [0.05, 0.1) is 0 Å². The van der Waals surface area contributed by atoms with Gasteiger partial charge < -0.3 is 14.4 Å². The molecule has 0 N–H and O–H groups in total. The van der Waals surface area contributed by atoms with E-state index in [1.807, 2.05) is 29.3 Å². The minimum Gasteiger partial charge on any atom is -0.339 e. The van der Waals surface area contributed by atoms with Gasteiger partial charge in [0.2, 0.25) is 11.9 Å². The van der Waals surface area contributed by atoms with E-state index >= 15 is 0 Å². The van der Waals surface area contributed by atoms with E-state index in [4.69, 9.17) is 4.98 Å². The number of carbonyl (C=O) groups excluding carboxylic acids is 1. The summed E-state index contributed by atoms with van der Waals surface area (Å²) in [4.78, 5) is 34.8. The van der Waals surface area contributed by atoms with Gasteiger partial charge in [-0.3, -0.25) is 4.79 Å². The number of carbonyl (C=O) groups is 1. The van der Waals surface area contributed by atoms with Crippen LogP contribution in [0.4, 0.5) is 5.95 Å². The molecule has 0 aromatic carbocycles. The fraction of sp³-hybridized carbons (Fsp3) is 0.522. The summed E-state index contributed by atoms with van der Waals surface area (Å²) in [5.74, 6) is 2.61. The summed E-state index contributed by atoms with van der Waals surface area (Å²) in [5.41, 5.74) is 1.88. The van der Waals surface area contributed by atoms with Crippen molar-refractivity contribution < 1.29 is 4.79 Å². The van der Waals surface area contributed by atoms with Crippen LogP contribution >= 0.6 is 0 Å². The van der Waals surface area contributed by atoms with Gasteiger partial charge >= 0.3 is 0 Å². The smallest absolute Gasteiger partial charge is 0.225 e. The van der Waals surface area contributed by atoms with Crippen molar-refractivity contribution in [2.45, 2.75) is 46.1 Å². The summed E-state index contributed by atoms with van der Waals surface area (Å²) in [6.07, 6.45) is 8.55. The Hall–Kier alpha value is -3.03. The maximum atomic E-state index is 12.7. The van der Waals surface area contributed by atoms with E-state index in [1.165, 1.54) is 0 Å². The second-order valence-corrected chi connectivity index (χ2v) is 8.48. The number of anilines is 1. The highest BCUT2D eigenvalue weighted by molar-refractivity contribution is 5.76. The van der Waals surface area contributed by atoms with Gasteiger partial charge in [-0.2, -0.15) is 0 Å². The van der Waals surface area contributed by atoms with E-state index in [-0.39, 0.29) is 5.91 Å². The molecule has 1 aliphatic heterocycles. The third-order valence-corrected chi connectivity index (χ3v) is 5.77. The predicted octanol–water partition coefficient (Wildman–Crippen LogP) is 2.94. The second-order valence-electron chi connectivity index (χ2n) is 8.48. The molecule has 4 rings (SSSR count). The van der Waals surface area contributed by atoms with Gasteiger partial charge in [0.1, 0.15) is 11.3 Å². The van der Waals surface area contributed by atoms with Crippen molar-refractivity contribution in [3.05, 3.63) is 42.6 Å². The third-order valence-electron chi connectivity index (χ3n) is 5.77. The number of nitrogens with zero attached hydrogens (tertiary/aromatic N) is 7. The molecule has 8 heteroatoms. The highest BCUT2D eigenvalue weighted by atomic mass is 16.2. The molecule has 164 valence electrons. The number of pyridine rings is 1. The van der Waals surface area contributed by atoms with Crippen LogP contribution in [-0.2, 0) is 17.8 Å². The lowest BCUT2D eigenvalue weighted by Gasteiger charge is -2.34. The lowest BCUT2D eigenvalue weighted by atomic mass is 10.1. The van der Waals surface area contributed by atoms with Crippen molar-refractivity contribution in [1.29, 1.82) is 0 Å². The van der Waals surface area contributed by atoms with E-state index in [0.717, 1.165) is 61.8 Å². The second kappa shape index (κ2) is 9.85. The number of aromatic nitrogens is 5. The number of imidazole rings is 1. The summed E-state index contributed by atoms with van der Waals surface area (Å²) >= 11 is 0. The van der Waals surface area contributed by atoms with Crippen LogP contribution in [0.15, 0.2) is 36.8 Å². The molecule has 1 saturated heterocycles. The Kier molecular flexibility index (Phi) is 6.74. The lowest BCUT2D eigenvalue weighted by molar-refractivity contribution is -0.131. The first-order valence-electron chi connectivity index (χ1n) is 11.2. The van der Waals surface area contributed by atoms with E-state index in [0.29, 0.717) is 25.4 Å². The highest BCUT2D eigenvalue weighted by Crippen LogP contribution is 2.18.